The van der Waals surface area contributed by atoms with Crippen molar-refractivity contribution < 1.29 is 9.53 Å². The van der Waals surface area contributed by atoms with E-state index in [9.17, 15) is 9.59 Å². The number of hydrogen-bond donors (Lipinski definition) is 1. The van der Waals surface area contributed by atoms with E-state index in [1.54, 1.807) is 42.5 Å². The largest absolute Gasteiger partial charge is 0.494 e. The van der Waals surface area contributed by atoms with Crippen LogP contribution in [-0.2, 0) is 0 Å². The minimum Gasteiger partial charge on any atom is -0.494 e. The fraction of sp³-hybridized carbons (Fsp3) is 0.423. The number of carbonyl (C=O) groups is 1. The second-order valence-corrected chi connectivity index (χ2v) is 8.67. The average Bonchev–Trinajstić information content (AvgIpc) is 2.84. The van der Waals surface area contributed by atoms with E-state index in [2.05, 4.69) is 22.2 Å². The van der Waals surface area contributed by atoms with Gasteiger partial charge in [-0.3, -0.25) is 9.59 Å². The van der Waals surface area contributed by atoms with E-state index < -0.39 is 0 Å². The average molecular weight is 449 g/mol. The molecule has 7 heteroatoms. The van der Waals surface area contributed by atoms with Crippen LogP contribution in [0.1, 0.15) is 43.6 Å². The number of aromatic nitrogens is 2. The second kappa shape index (κ2) is 10.6. The molecule has 1 N–H and O–H groups in total. The Hall–Kier alpha value is -3.19. The summed E-state index contributed by atoms with van der Waals surface area (Å²) in [5, 5.41) is 8.49. The van der Waals surface area contributed by atoms with Crippen molar-refractivity contribution >= 4 is 16.7 Å². The van der Waals surface area contributed by atoms with Gasteiger partial charge in [-0.1, -0.05) is 25.1 Å². The summed E-state index contributed by atoms with van der Waals surface area (Å²) in [4.78, 5) is 28.6. The summed E-state index contributed by atoms with van der Waals surface area (Å²) >= 11 is 0. The first kappa shape index (κ1) is 23.0. The Bertz CT molecular complexity index is 1150. The highest BCUT2D eigenvalue weighted by atomic mass is 16.5. The highest BCUT2D eigenvalue weighted by molar-refractivity contribution is 6.04. The van der Waals surface area contributed by atoms with Gasteiger partial charge >= 0.3 is 0 Å². The SMILES string of the molecule is CCOc1ccc(-n2nc(C(=O)NCCCN3CCC(C)CC3)c3ccccc3c2=O)cc1. The summed E-state index contributed by atoms with van der Waals surface area (Å²) in [6, 6.07) is 14.3. The summed E-state index contributed by atoms with van der Waals surface area (Å²) in [6.07, 6.45) is 3.38. The van der Waals surface area contributed by atoms with E-state index >= 15 is 0 Å². The molecule has 1 fully saturated rings. The van der Waals surface area contributed by atoms with E-state index in [0.717, 1.165) is 37.7 Å². The van der Waals surface area contributed by atoms with Gasteiger partial charge in [-0.25, -0.2) is 0 Å². The van der Waals surface area contributed by atoms with E-state index in [1.165, 1.54) is 17.5 Å². The normalized spacial score (nSPS) is 15.0. The molecule has 33 heavy (non-hydrogen) atoms. The minimum absolute atomic E-state index is 0.255. The first-order chi connectivity index (χ1) is 16.1. The number of nitrogens with one attached hydrogen (secondary N) is 1. The molecule has 0 spiro atoms. The number of hydrogen-bond acceptors (Lipinski definition) is 5. The molecular weight excluding hydrogens is 416 g/mol. The van der Waals surface area contributed by atoms with Gasteiger partial charge in [-0.15, -0.1) is 0 Å². The number of nitrogens with zero attached hydrogens (tertiary/aromatic N) is 3. The van der Waals surface area contributed by atoms with Crippen LogP contribution in [0.25, 0.3) is 16.5 Å². The van der Waals surface area contributed by atoms with Crippen LogP contribution < -0.4 is 15.6 Å². The predicted molar refractivity (Wildman–Crippen MR) is 130 cm³/mol. The number of carbonyl (C=O) groups excluding carboxylic acids is 1. The molecule has 1 saturated heterocycles. The van der Waals surface area contributed by atoms with Crippen molar-refractivity contribution in [3.05, 3.63) is 64.6 Å². The van der Waals surface area contributed by atoms with Crippen molar-refractivity contribution in [3.63, 3.8) is 0 Å². The Labute approximate surface area is 194 Å². The van der Waals surface area contributed by atoms with Crippen LogP contribution in [0.4, 0.5) is 0 Å². The molecule has 0 aliphatic carbocycles. The van der Waals surface area contributed by atoms with Gasteiger partial charge in [0.2, 0.25) is 0 Å². The summed E-state index contributed by atoms with van der Waals surface area (Å²) < 4.78 is 6.78. The number of piperidine rings is 1. The molecular formula is C26H32N4O3. The molecule has 3 aromatic rings. The third-order valence-corrected chi connectivity index (χ3v) is 6.23. The standard InChI is InChI=1S/C26H32N4O3/c1-3-33-21-11-9-20(10-12-21)30-26(32)23-8-5-4-7-22(23)24(28-30)25(31)27-15-6-16-29-17-13-19(2)14-18-29/h4-5,7-12,19H,3,6,13-18H2,1-2H3,(H,27,31). The fourth-order valence-electron chi connectivity index (χ4n) is 4.26. The second-order valence-electron chi connectivity index (χ2n) is 8.67. The van der Waals surface area contributed by atoms with Gasteiger partial charge < -0.3 is 15.0 Å². The van der Waals surface area contributed by atoms with Crippen LogP contribution in [-0.4, -0.2) is 53.4 Å². The van der Waals surface area contributed by atoms with Crippen molar-refractivity contribution in [3.8, 4) is 11.4 Å². The van der Waals surface area contributed by atoms with Crippen LogP contribution >= 0.6 is 0 Å². The molecule has 1 aromatic heterocycles. The van der Waals surface area contributed by atoms with E-state index in [0.29, 0.717) is 29.6 Å². The maximum atomic E-state index is 13.1. The van der Waals surface area contributed by atoms with Gasteiger partial charge in [-0.2, -0.15) is 9.78 Å². The Kier molecular flexibility index (Phi) is 7.40. The number of benzene rings is 2. The predicted octanol–water partition coefficient (Wildman–Crippen LogP) is 3.64. The van der Waals surface area contributed by atoms with Gasteiger partial charge in [0.15, 0.2) is 5.69 Å². The molecule has 0 atom stereocenters. The summed E-state index contributed by atoms with van der Waals surface area (Å²) in [5.41, 5.74) is 0.583. The van der Waals surface area contributed by atoms with Gasteiger partial charge in [0, 0.05) is 11.9 Å². The van der Waals surface area contributed by atoms with Gasteiger partial charge in [-0.05, 0) is 82.1 Å². The zero-order chi connectivity index (χ0) is 23.2. The zero-order valence-electron chi connectivity index (χ0n) is 19.4. The van der Waals surface area contributed by atoms with Crippen molar-refractivity contribution in [2.45, 2.75) is 33.1 Å². The highest BCUT2D eigenvalue weighted by Gasteiger charge is 2.18. The van der Waals surface area contributed by atoms with E-state index in [1.807, 2.05) is 13.0 Å². The lowest BCUT2D eigenvalue weighted by molar-refractivity contribution is 0.0945. The molecule has 1 aliphatic heterocycles. The van der Waals surface area contributed by atoms with Crippen LogP contribution in [0, 0.1) is 5.92 Å². The quantitative estimate of drug-likeness (QED) is 0.533. The lowest BCUT2D eigenvalue weighted by Crippen LogP contribution is -2.36. The van der Waals surface area contributed by atoms with Crippen molar-refractivity contribution in [2.75, 3.05) is 32.8 Å². The first-order valence-corrected chi connectivity index (χ1v) is 11.8. The third-order valence-electron chi connectivity index (χ3n) is 6.23. The summed E-state index contributed by atoms with van der Waals surface area (Å²) in [5.74, 6) is 1.26. The van der Waals surface area contributed by atoms with E-state index in [4.69, 9.17) is 4.74 Å². The first-order valence-electron chi connectivity index (χ1n) is 11.8. The smallest absolute Gasteiger partial charge is 0.279 e. The van der Waals surface area contributed by atoms with Crippen LogP contribution in [0.5, 0.6) is 5.75 Å². The van der Waals surface area contributed by atoms with Gasteiger partial charge in [0.05, 0.1) is 17.7 Å². The Balaban J connectivity index is 1.52. The molecule has 0 saturated carbocycles. The lowest BCUT2D eigenvalue weighted by Gasteiger charge is -2.30. The molecule has 1 amide bonds. The Morgan fingerprint density at radius 3 is 2.48 bits per heavy atom. The molecule has 2 aromatic carbocycles. The summed E-state index contributed by atoms with van der Waals surface area (Å²) in [6.45, 7) is 8.61. The molecule has 0 bridgehead atoms. The van der Waals surface area contributed by atoms with Gasteiger partial charge in [0.25, 0.3) is 11.5 Å². The molecule has 174 valence electrons. The molecule has 0 unspecified atom stereocenters. The van der Waals surface area contributed by atoms with Crippen LogP contribution in [0.15, 0.2) is 53.3 Å². The topological polar surface area (TPSA) is 76.5 Å². The number of likely N-dealkylation sites (tertiary alicyclic amines) is 1. The summed E-state index contributed by atoms with van der Waals surface area (Å²) in [7, 11) is 0. The van der Waals surface area contributed by atoms with Crippen molar-refractivity contribution in [1.29, 1.82) is 0 Å². The van der Waals surface area contributed by atoms with E-state index in [-0.39, 0.29) is 17.2 Å². The van der Waals surface area contributed by atoms with Crippen molar-refractivity contribution in [1.82, 2.24) is 20.0 Å². The highest BCUT2D eigenvalue weighted by Crippen LogP contribution is 2.18. The van der Waals surface area contributed by atoms with Crippen LogP contribution in [0.3, 0.4) is 0 Å². The van der Waals surface area contributed by atoms with Crippen molar-refractivity contribution in [2.24, 2.45) is 5.92 Å². The maximum Gasteiger partial charge on any atom is 0.279 e. The zero-order valence-corrected chi connectivity index (χ0v) is 19.4. The number of fused-ring (bicyclic) bond motifs is 1. The Morgan fingerprint density at radius 2 is 1.79 bits per heavy atom. The monoisotopic (exact) mass is 448 g/mol. The van der Waals surface area contributed by atoms with Gasteiger partial charge in [0.1, 0.15) is 5.75 Å². The number of amides is 1. The lowest BCUT2D eigenvalue weighted by atomic mass is 9.99. The molecule has 4 rings (SSSR count). The molecule has 2 heterocycles. The fourth-order valence-corrected chi connectivity index (χ4v) is 4.26. The number of rotatable bonds is 8. The minimum atomic E-state index is -0.266. The molecule has 1 aliphatic rings. The maximum absolute atomic E-state index is 13.1. The molecule has 7 nitrogen and oxygen atoms in total. The molecule has 0 radical (unpaired) electrons. The van der Waals surface area contributed by atoms with Crippen LogP contribution in [0.2, 0.25) is 0 Å². The Morgan fingerprint density at radius 1 is 1.09 bits per heavy atom. The third kappa shape index (κ3) is 5.42. The number of ether oxygens (including phenoxy) is 1.